The van der Waals surface area contributed by atoms with E-state index in [0.29, 0.717) is 13.2 Å². The summed E-state index contributed by atoms with van der Waals surface area (Å²) in [6.45, 7) is 4.52. The molecule has 20 heavy (non-hydrogen) atoms. The highest BCUT2D eigenvalue weighted by molar-refractivity contribution is 7.98. The lowest BCUT2D eigenvalue weighted by atomic mass is 10.2. The van der Waals surface area contributed by atoms with E-state index in [4.69, 9.17) is 4.74 Å². The molecular formula is C14H17N3O2S. The molecule has 106 valence electrons. The molecule has 0 spiro atoms. The Morgan fingerprint density at radius 1 is 1.35 bits per heavy atom. The van der Waals surface area contributed by atoms with Crippen molar-refractivity contribution < 1.29 is 9.53 Å². The molecule has 0 N–H and O–H groups in total. The molecule has 2 rings (SSSR count). The van der Waals surface area contributed by atoms with Gasteiger partial charge >= 0.3 is 5.97 Å². The quantitative estimate of drug-likeness (QED) is 0.626. The van der Waals surface area contributed by atoms with E-state index < -0.39 is 5.97 Å². The van der Waals surface area contributed by atoms with Gasteiger partial charge in [0.25, 0.3) is 0 Å². The fourth-order valence-corrected chi connectivity index (χ4v) is 2.21. The maximum absolute atomic E-state index is 11.7. The van der Waals surface area contributed by atoms with Crippen LogP contribution in [0.5, 0.6) is 0 Å². The van der Waals surface area contributed by atoms with E-state index >= 15 is 0 Å². The Bertz CT molecular complexity index is 593. The first-order valence-electron chi connectivity index (χ1n) is 6.35. The molecular weight excluding hydrogens is 274 g/mol. The zero-order valence-electron chi connectivity index (χ0n) is 11.8. The molecule has 0 unspecified atom stereocenters. The van der Waals surface area contributed by atoms with Crippen LogP contribution in [0.4, 0.5) is 0 Å². The van der Waals surface area contributed by atoms with E-state index in [1.54, 1.807) is 23.4 Å². The average molecular weight is 291 g/mol. The van der Waals surface area contributed by atoms with Gasteiger partial charge in [0.15, 0.2) is 5.69 Å². The largest absolute Gasteiger partial charge is 0.461 e. The van der Waals surface area contributed by atoms with Gasteiger partial charge in [0, 0.05) is 4.90 Å². The van der Waals surface area contributed by atoms with Crippen LogP contribution in [0.25, 0.3) is 0 Å². The lowest BCUT2D eigenvalue weighted by Gasteiger charge is -2.05. The summed E-state index contributed by atoms with van der Waals surface area (Å²) in [7, 11) is 0. The van der Waals surface area contributed by atoms with E-state index in [-0.39, 0.29) is 5.69 Å². The third-order valence-corrected chi connectivity index (χ3v) is 3.69. The van der Waals surface area contributed by atoms with E-state index in [1.807, 2.05) is 13.2 Å². The van der Waals surface area contributed by atoms with Crippen LogP contribution in [0.1, 0.15) is 28.7 Å². The van der Waals surface area contributed by atoms with Crippen molar-refractivity contribution in [2.45, 2.75) is 25.3 Å². The average Bonchev–Trinajstić information content (AvgIpc) is 2.81. The van der Waals surface area contributed by atoms with Crippen LogP contribution in [0.3, 0.4) is 0 Å². The van der Waals surface area contributed by atoms with Gasteiger partial charge in [-0.05, 0) is 37.8 Å². The predicted octanol–water partition coefficient (Wildman–Crippen LogP) is 2.53. The lowest BCUT2D eigenvalue weighted by molar-refractivity contribution is 0.0518. The van der Waals surface area contributed by atoms with Crippen LogP contribution < -0.4 is 0 Å². The van der Waals surface area contributed by atoms with E-state index in [1.165, 1.54) is 4.90 Å². The van der Waals surface area contributed by atoms with Gasteiger partial charge in [0.2, 0.25) is 0 Å². The molecule has 0 saturated heterocycles. The number of esters is 1. The van der Waals surface area contributed by atoms with E-state index in [0.717, 1.165) is 11.3 Å². The molecule has 0 radical (unpaired) electrons. The van der Waals surface area contributed by atoms with Gasteiger partial charge in [-0.1, -0.05) is 17.3 Å². The number of rotatable bonds is 5. The van der Waals surface area contributed by atoms with Crippen LogP contribution >= 0.6 is 11.8 Å². The first-order chi connectivity index (χ1) is 9.65. The Labute approximate surface area is 122 Å². The van der Waals surface area contributed by atoms with Gasteiger partial charge in [0.1, 0.15) is 0 Å². The van der Waals surface area contributed by atoms with Crippen molar-refractivity contribution in [3.63, 3.8) is 0 Å². The van der Waals surface area contributed by atoms with Crippen LogP contribution in [0.15, 0.2) is 29.2 Å². The SMILES string of the molecule is CCOC(=O)c1nnn(Cc2ccc(SC)cc2)c1C. The summed E-state index contributed by atoms with van der Waals surface area (Å²) < 4.78 is 6.65. The molecule has 2 aromatic rings. The van der Waals surface area contributed by atoms with Crippen LogP contribution in [0.2, 0.25) is 0 Å². The van der Waals surface area contributed by atoms with Crippen LogP contribution in [-0.2, 0) is 11.3 Å². The number of ether oxygens (including phenoxy) is 1. The van der Waals surface area contributed by atoms with E-state index in [9.17, 15) is 4.79 Å². The van der Waals surface area contributed by atoms with Gasteiger partial charge in [-0.3, -0.25) is 0 Å². The Hall–Kier alpha value is -1.82. The predicted molar refractivity (Wildman–Crippen MR) is 78.0 cm³/mol. The van der Waals surface area contributed by atoms with Gasteiger partial charge in [-0.15, -0.1) is 16.9 Å². The van der Waals surface area contributed by atoms with Crippen molar-refractivity contribution in [1.82, 2.24) is 15.0 Å². The van der Waals surface area contributed by atoms with Crippen molar-refractivity contribution >= 4 is 17.7 Å². The minimum Gasteiger partial charge on any atom is -0.461 e. The molecule has 6 heteroatoms. The second-order valence-corrected chi connectivity index (χ2v) is 5.13. The minimum atomic E-state index is -0.422. The van der Waals surface area contributed by atoms with Gasteiger partial charge in [-0.25, -0.2) is 9.48 Å². The Kier molecular flexibility index (Phi) is 4.79. The summed E-state index contributed by atoms with van der Waals surface area (Å²) in [6.07, 6.45) is 2.04. The van der Waals surface area contributed by atoms with Gasteiger partial charge < -0.3 is 4.74 Å². The van der Waals surface area contributed by atoms with Crippen molar-refractivity contribution in [2.24, 2.45) is 0 Å². The van der Waals surface area contributed by atoms with Crippen LogP contribution in [0, 0.1) is 6.92 Å². The highest BCUT2D eigenvalue weighted by Gasteiger charge is 2.17. The molecule has 0 fully saturated rings. The molecule has 0 aliphatic carbocycles. The molecule has 0 saturated carbocycles. The van der Waals surface area contributed by atoms with Crippen molar-refractivity contribution in [2.75, 3.05) is 12.9 Å². The van der Waals surface area contributed by atoms with E-state index in [2.05, 4.69) is 34.6 Å². The normalized spacial score (nSPS) is 10.6. The van der Waals surface area contributed by atoms with Gasteiger partial charge in [-0.2, -0.15) is 0 Å². The number of benzene rings is 1. The molecule has 0 amide bonds. The Morgan fingerprint density at radius 3 is 2.65 bits per heavy atom. The molecule has 1 aromatic carbocycles. The number of carbonyl (C=O) groups excluding carboxylic acids is 1. The molecule has 0 atom stereocenters. The molecule has 0 bridgehead atoms. The maximum Gasteiger partial charge on any atom is 0.360 e. The second-order valence-electron chi connectivity index (χ2n) is 4.25. The minimum absolute atomic E-state index is 0.285. The summed E-state index contributed by atoms with van der Waals surface area (Å²) in [4.78, 5) is 12.9. The Balaban J connectivity index is 2.15. The Morgan fingerprint density at radius 2 is 2.05 bits per heavy atom. The van der Waals surface area contributed by atoms with Crippen LogP contribution in [-0.4, -0.2) is 33.8 Å². The maximum atomic E-state index is 11.7. The van der Waals surface area contributed by atoms with Crippen molar-refractivity contribution in [3.05, 3.63) is 41.2 Å². The molecule has 1 aromatic heterocycles. The second kappa shape index (κ2) is 6.56. The number of hydrogen-bond donors (Lipinski definition) is 0. The number of thioether (sulfide) groups is 1. The number of hydrogen-bond acceptors (Lipinski definition) is 5. The smallest absolute Gasteiger partial charge is 0.360 e. The summed E-state index contributed by atoms with van der Waals surface area (Å²) in [6, 6.07) is 8.24. The summed E-state index contributed by atoms with van der Waals surface area (Å²) in [5.41, 5.74) is 2.12. The molecule has 1 heterocycles. The monoisotopic (exact) mass is 291 g/mol. The third-order valence-electron chi connectivity index (χ3n) is 2.94. The highest BCUT2D eigenvalue weighted by Crippen LogP contribution is 2.16. The molecule has 0 aliphatic rings. The number of carbonyl (C=O) groups is 1. The fraction of sp³-hybridized carbons (Fsp3) is 0.357. The number of nitrogens with zero attached hydrogens (tertiary/aromatic N) is 3. The summed E-state index contributed by atoms with van der Waals surface area (Å²) in [5.74, 6) is -0.422. The fourth-order valence-electron chi connectivity index (χ4n) is 1.80. The highest BCUT2D eigenvalue weighted by atomic mass is 32.2. The first kappa shape index (κ1) is 14.6. The zero-order valence-corrected chi connectivity index (χ0v) is 12.6. The lowest BCUT2D eigenvalue weighted by Crippen LogP contribution is -2.08. The third kappa shape index (κ3) is 3.19. The standard InChI is InChI=1S/C14H17N3O2S/c1-4-19-14(18)13-10(2)17(16-15-13)9-11-5-7-12(20-3)8-6-11/h5-8H,4,9H2,1-3H3. The summed E-state index contributed by atoms with van der Waals surface area (Å²) >= 11 is 1.70. The molecule has 0 aliphatic heterocycles. The van der Waals surface area contributed by atoms with Crippen molar-refractivity contribution in [1.29, 1.82) is 0 Å². The topological polar surface area (TPSA) is 57.0 Å². The zero-order chi connectivity index (χ0) is 14.5. The summed E-state index contributed by atoms with van der Waals surface area (Å²) in [5, 5.41) is 7.92. The van der Waals surface area contributed by atoms with Gasteiger partial charge in [0.05, 0.1) is 18.8 Å². The van der Waals surface area contributed by atoms with Crippen molar-refractivity contribution in [3.8, 4) is 0 Å². The molecule has 5 nitrogen and oxygen atoms in total. The number of aromatic nitrogens is 3. The first-order valence-corrected chi connectivity index (χ1v) is 7.58.